The van der Waals surface area contributed by atoms with Gasteiger partial charge in [-0.05, 0) is 82.3 Å². The van der Waals surface area contributed by atoms with E-state index in [2.05, 4.69) is 32.1 Å². The molecule has 5 heteroatoms. The number of carboxylic acids is 1. The third-order valence-corrected chi connectivity index (χ3v) is 6.87. The minimum Gasteiger partial charge on any atom is -0.481 e. The summed E-state index contributed by atoms with van der Waals surface area (Å²) in [4.78, 5) is 13.2. The average Bonchev–Trinajstić information content (AvgIpc) is 3.16. The molecule has 0 aromatic carbocycles. The van der Waals surface area contributed by atoms with E-state index in [9.17, 15) is 15.0 Å². The van der Waals surface area contributed by atoms with Gasteiger partial charge in [0.2, 0.25) is 0 Å². The Balaban J connectivity index is 1.76. The lowest BCUT2D eigenvalue weighted by Gasteiger charge is -2.18. The fraction of sp³-hybridized carbons (Fsp3) is 0.609. The second kappa shape index (κ2) is 11.5. The van der Waals surface area contributed by atoms with Crippen molar-refractivity contribution in [3.63, 3.8) is 0 Å². The van der Waals surface area contributed by atoms with Gasteiger partial charge in [0.15, 0.2) is 0 Å². The number of carboxylic acid groups (broad SMARTS) is 1. The van der Waals surface area contributed by atoms with Gasteiger partial charge >= 0.3 is 5.97 Å². The fourth-order valence-corrected chi connectivity index (χ4v) is 4.89. The molecule has 0 spiro atoms. The van der Waals surface area contributed by atoms with Gasteiger partial charge in [-0.2, -0.15) is 0 Å². The first-order valence-electron chi connectivity index (χ1n) is 10.3. The first-order valence-corrected chi connectivity index (χ1v) is 11.2. The second-order valence-electron chi connectivity index (χ2n) is 7.91. The monoisotopic (exact) mass is 406 g/mol. The summed E-state index contributed by atoms with van der Waals surface area (Å²) in [6, 6.07) is 2.21. The number of aliphatic carboxylic acids is 1. The number of aliphatic hydroxyl groups is 2. The summed E-state index contributed by atoms with van der Waals surface area (Å²) in [6.07, 6.45) is 13.1. The van der Waals surface area contributed by atoms with Crippen molar-refractivity contribution < 1.29 is 20.1 Å². The molecule has 156 valence electrons. The van der Waals surface area contributed by atoms with Crippen molar-refractivity contribution in [1.29, 1.82) is 0 Å². The second-order valence-corrected chi connectivity index (χ2v) is 9.25. The number of aryl methyl sites for hydroxylation is 3. The minimum atomic E-state index is -0.757. The number of carbonyl (C=O) groups is 1. The van der Waals surface area contributed by atoms with Crippen LogP contribution in [0.4, 0.5) is 0 Å². The van der Waals surface area contributed by atoms with Crippen LogP contribution in [0.25, 0.3) is 0 Å². The van der Waals surface area contributed by atoms with Gasteiger partial charge in [-0.25, -0.2) is 0 Å². The van der Waals surface area contributed by atoms with Crippen LogP contribution in [0.5, 0.6) is 0 Å². The molecule has 1 fully saturated rings. The van der Waals surface area contributed by atoms with Crippen LogP contribution in [0, 0.1) is 25.7 Å². The highest BCUT2D eigenvalue weighted by atomic mass is 32.1. The predicted molar refractivity (Wildman–Crippen MR) is 115 cm³/mol. The molecule has 1 heterocycles. The quantitative estimate of drug-likeness (QED) is 0.364. The van der Waals surface area contributed by atoms with E-state index in [0.29, 0.717) is 12.3 Å². The first-order chi connectivity index (χ1) is 13.4. The van der Waals surface area contributed by atoms with E-state index >= 15 is 0 Å². The van der Waals surface area contributed by atoms with Crippen molar-refractivity contribution >= 4 is 17.3 Å². The Hall–Kier alpha value is -1.43. The summed E-state index contributed by atoms with van der Waals surface area (Å²) in [5, 5.41) is 29.2. The zero-order valence-electron chi connectivity index (χ0n) is 17.0. The summed E-state index contributed by atoms with van der Waals surface area (Å²) < 4.78 is 0. The molecule has 0 bridgehead atoms. The van der Waals surface area contributed by atoms with Crippen molar-refractivity contribution in [2.45, 2.75) is 77.4 Å². The Morgan fingerprint density at radius 2 is 2.11 bits per heavy atom. The zero-order chi connectivity index (χ0) is 20.5. The number of allylic oxidation sites excluding steroid dienone is 3. The molecule has 4 nitrogen and oxygen atoms in total. The van der Waals surface area contributed by atoms with Gasteiger partial charge in [0.25, 0.3) is 0 Å². The Morgan fingerprint density at radius 3 is 2.79 bits per heavy atom. The molecule has 1 aliphatic carbocycles. The molecule has 1 aromatic heterocycles. The van der Waals surface area contributed by atoms with E-state index in [1.165, 1.54) is 15.3 Å². The summed E-state index contributed by atoms with van der Waals surface area (Å²) in [5.41, 5.74) is 1.32. The van der Waals surface area contributed by atoms with E-state index < -0.39 is 12.1 Å². The highest BCUT2D eigenvalue weighted by Crippen LogP contribution is 2.36. The number of hydrogen-bond acceptors (Lipinski definition) is 4. The van der Waals surface area contributed by atoms with Gasteiger partial charge in [0.1, 0.15) is 0 Å². The smallest absolute Gasteiger partial charge is 0.303 e. The average molecular weight is 407 g/mol. The van der Waals surface area contributed by atoms with Crippen LogP contribution in [-0.4, -0.2) is 33.5 Å². The lowest BCUT2D eigenvalue weighted by molar-refractivity contribution is -0.137. The Bertz CT molecular complexity index is 657. The summed E-state index contributed by atoms with van der Waals surface area (Å²) in [5.74, 6) is -0.283. The lowest BCUT2D eigenvalue weighted by Crippen LogP contribution is -2.17. The van der Waals surface area contributed by atoms with Gasteiger partial charge in [0.05, 0.1) is 12.2 Å². The standard InChI is InChI=1S/C23H34O4S/c1-16-15-20(28-17(16)2)13-12-19(24)11-9-18-10-14-22(25)21(18)7-5-3-4-6-8-23(26)27/h3,5,9,11,15,18-19,21-22,24-25H,4,6-8,10,12-14H2,1-2H3,(H,26,27)/b5-3-,11-9+/t18-,19+,21+,22?/m0/s1. The van der Waals surface area contributed by atoms with Crippen LogP contribution < -0.4 is 0 Å². The molecular formula is C23H34O4S. The third kappa shape index (κ3) is 7.53. The third-order valence-electron chi connectivity index (χ3n) is 5.66. The van der Waals surface area contributed by atoms with E-state index in [1.54, 1.807) is 0 Å². The van der Waals surface area contributed by atoms with Crippen LogP contribution in [0.3, 0.4) is 0 Å². The van der Waals surface area contributed by atoms with Gasteiger partial charge in [-0.1, -0.05) is 24.3 Å². The molecule has 1 aromatic rings. The summed E-state index contributed by atoms with van der Waals surface area (Å²) in [6.45, 7) is 4.25. The molecule has 1 unspecified atom stereocenters. The van der Waals surface area contributed by atoms with Crippen molar-refractivity contribution in [3.05, 3.63) is 45.7 Å². The Morgan fingerprint density at radius 1 is 1.32 bits per heavy atom. The van der Waals surface area contributed by atoms with E-state index in [0.717, 1.165) is 38.5 Å². The van der Waals surface area contributed by atoms with E-state index in [1.807, 2.05) is 23.5 Å². The van der Waals surface area contributed by atoms with Crippen LogP contribution >= 0.6 is 11.3 Å². The SMILES string of the molecule is Cc1cc(CC[C@H](O)/C=C/[C@H]2CCC(O)[C@@H]2C/C=C\CCCC(=O)O)sc1C. The predicted octanol–water partition coefficient (Wildman–Crippen LogP) is 4.80. The molecule has 4 atom stereocenters. The molecule has 0 amide bonds. The maximum atomic E-state index is 10.5. The number of hydrogen-bond donors (Lipinski definition) is 3. The maximum absolute atomic E-state index is 10.5. The maximum Gasteiger partial charge on any atom is 0.303 e. The number of unbranched alkanes of at least 4 members (excludes halogenated alkanes) is 1. The minimum absolute atomic E-state index is 0.182. The highest BCUT2D eigenvalue weighted by molar-refractivity contribution is 7.12. The fourth-order valence-electron chi connectivity index (χ4n) is 3.82. The topological polar surface area (TPSA) is 77.8 Å². The van der Waals surface area contributed by atoms with Crippen LogP contribution in [-0.2, 0) is 11.2 Å². The van der Waals surface area contributed by atoms with Crippen molar-refractivity contribution in [3.8, 4) is 0 Å². The van der Waals surface area contributed by atoms with Gasteiger partial charge in [0, 0.05) is 16.2 Å². The number of aliphatic hydroxyl groups excluding tert-OH is 2. The summed E-state index contributed by atoms with van der Waals surface area (Å²) in [7, 11) is 0. The zero-order valence-corrected chi connectivity index (χ0v) is 17.8. The molecule has 0 saturated heterocycles. The van der Waals surface area contributed by atoms with E-state index in [4.69, 9.17) is 5.11 Å². The molecule has 1 aliphatic rings. The van der Waals surface area contributed by atoms with Crippen molar-refractivity contribution in [1.82, 2.24) is 0 Å². The van der Waals surface area contributed by atoms with Crippen molar-refractivity contribution in [2.75, 3.05) is 0 Å². The summed E-state index contributed by atoms with van der Waals surface area (Å²) >= 11 is 1.81. The Labute approximate surface area is 172 Å². The largest absolute Gasteiger partial charge is 0.481 e. The normalized spacial score (nSPS) is 23.8. The van der Waals surface area contributed by atoms with E-state index in [-0.39, 0.29) is 18.4 Å². The van der Waals surface area contributed by atoms with Gasteiger partial charge in [-0.15, -0.1) is 11.3 Å². The lowest BCUT2D eigenvalue weighted by atomic mass is 9.90. The molecular weight excluding hydrogens is 372 g/mol. The van der Waals surface area contributed by atoms with Crippen molar-refractivity contribution in [2.24, 2.45) is 11.8 Å². The molecule has 0 radical (unpaired) electrons. The highest BCUT2D eigenvalue weighted by Gasteiger charge is 2.32. The molecule has 3 N–H and O–H groups in total. The number of thiophene rings is 1. The molecule has 2 rings (SSSR count). The molecule has 28 heavy (non-hydrogen) atoms. The van der Waals surface area contributed by atoms with Gasteiger partial charge < -0.3 is 15.3 Å². The number of rotatable bonds is 11. The molecule has 0 aliphatic heterocycles. The Kier molecular flexibility index (Phi) is 9.42. The van der Waals surface area contributed by atoms with Gasteiger partial charge in [-0.3, -0.25) is 4.79 Å². The first kappa shape index (κ1) is 22.9. The van der Waals surface area contributed by atoms with Crippen LogP contribution in [0.2, 0.25) is 0 Å². The van der Waals surface area contributed by atoms with Crippen LogP contribution in [0.1, 0.15) is 60.3 Å². The molecule has 1 saturated carbocycles. The van der Waals surface area contributed by atoms with Crippen LogP contribution in [0.15, 0.2) is 30.4 Å².